The molecule has 2 aliphatic rings. The third-order valence-electron chi connectivity index (χ3n) is 7.40. The topological polar surface area (TPSA) is 0 Å². The van der Waals surface area contributed by atoms with Gasteiger partial charge in [-0.25, -0.2) is 0 Å². The van der Waals surface area contributed by atoms with E-state index in [4.69, 9.17) is 0 Å². The molecule has 2 saturated carbocycles. The van der Waals surface area contributed by atoms with Crippen LogP contribution in [0.2, 0.25) is 0 Å². The van der Waals surface area contributed by atoms with Crippen LogP contribution in [0, 0.1) is 35.5 Å². The van der Waals surface area contributed by atoms with Gasteiger partial charge in [0.15, 0.2) is 0 Å². The van der Waals surface area contributed by atoms with Crippen molar-refractivity contribution in [2.75, 3.05) is 0 Å². The van der Waals surface area contributed by atoms with E-state index in [-0.39, 0.29) is 32.8 Å². The average Bonchev–Trinajstić information content (AvgIpc) is 3.31. The van der Waals surface area contributed by atoms with Crippen LogP contribution in [0.1, 0.15) is 99.3 Å². The predicted octanol–water partition coefficient (Wildman–Crippen LogP) is 10.5. The minimum atomic E-state index is -4.64. The van der Waals surface area contributed by atoms with Gasteiger partial charge in [-0.3, -0.25) is 0 Å². The maximum atomic E-state index is 14.0. The zero-order chi connectivity index (χ0) is 27.9. The predicted molar refractivity (Wildman–Crippen MR) is 143 cm³/mol. The standard InChI is InChI=1S/C32H32F6S/c33-31(34,35)27-15-9-17-29(25(27)21-19-23-11-5-1-2-6-12-23)39-30-18-10-16-28(32(36,37)38)26(30)22-20-24-13-7-3-4-8-14-24/h9-10,15-18,23-24H,1-8,11-14H2. The summed E-state index contributed by atoms with van der Waals surface area (Å²) < 4.78 is 84.1. The van der Waals surface area contributed by atoms with Crippen LogP contribution in [0.5, 0.6) is 0 Å². The smallest absolute Gasteiger partial charge is 0.166 e. The number of alkyl halides is 6. The van der Waals surface area contributed by atoms with Gasteiger partial charge in [-0.2, -0.15) is 26.3 Å². The van der Waals surface area contributed by atoms with Gasteiger partial charge in [0.25, 0.3) is 0 Å². The molecule has 2 aromatic rings. The molecule has 0 nitrogen and oxygen atoms in total. The molecule has 0 aromatic heterocycles. The Bertz CT molecular complexity index is 1140. The van der Waals surface area contributed by atoms with Crippen LogP contribution >= 0.6 is 11.8 Å². The van der Waals surface area contributed by atoms with Gasteiger partial charge in [0.1, 0.15) is 0 Å². The van der Waals surface area contributed by atoms with E-state index in [0.29, 0.717) is 0 Å². The lowest BCUT2D eigenvalue weighted by Gasteiger charge is -2.16. The number of halogens is 6. The first kappa shape index (κ1) is 29.5. The highest BCUT2D eigenvalue weighted by atomic mass is 32.2. The molecule has 2 aromatic carbocycles. The Kier molecular flexibility index (Phi) is 10.00. The minimum absolute atomic E-state index is 0.0150. The molecule has 0 aliphatic heterocycles. The fourth-order valence-electron chi connectivity index (χ4n) is 5.28. The van der Waals surface area contributed by atoms with E-state index in [9.17, 15) is 26.3 Å². The van der Waals surface area contributed by atoms with Crippen molar-refractivity contribution in [3.05, 3.63) is 58.7 Å². The first-order valence-electron chi connectivity index (χ1n) is 13.7. The Balaban J connectivity index is 1.77. The quantitative estimate of drug-likeness (QED) is 0.199. The van der Waals surface area contributed by atoms with E-state index in [0.717, 1.165) is 101 Å². The summed E-state index contributed by atoms with van der Waals surface area (Å²) in [5.41, 5.74) is -2.10. The fourth-order valence-corrected chi connectivity index (χ4v) is 6.33. The number of benzene rings is 2. The van der Waals surface area contributed by atoms with Gasteiger partial charge in [-0.05, 0) is 49.9 Å². The summed E-state index contributed by atoms with van der Waals surface area (Å²) in [4.78, 5) is 0.366. The van der Waals surface area contributed by atoms with Crippen molar-refractivity contribution in [2.24, 2.45) is 11.8 Å². The molecule has 7 heteroatoms. The molecule has 2 aliphatic carbocycles. The number of hydrogen-bond donors (Lipinski definition) is 0. The molecule has 0 atom stereocenters. The summed E-state index contributed by atoms with van der Waals surface area (Å²) in [5.74, 6) is 11.8. The third kappa shape index (κ3) is 8.24. The molecule has 208 valence electrons. The highest BCUT2D eigenvalue weighted by Gasteiger charge is 2.36. The van der Waals surface area contributed by atoms with Crippen molar-refractivity contribution in [3.63, 3.8) is 0 Å². The molecular weight excluding hydrogens is 530 g/mol. The number of hydrogen-bond acceptors (Lipinski definition) is 1. The zero-order valence-corrected chi connectivity index (χ0v) is 22.6. The number of rotatable bonds is 2. The molecule has 0 spiro atoms. The molecule has 0 radical (unpaired) electrons. The molecule has 0 amide bonds. The van der Waals surface area contributed by atoms with Crippen LogP contribution in [0.15, 0.2) is 46.2 Å². The SMILES string of the molecule is FC(F)(F)c1cccc(Sc2cccc(C(F)(F)F)c2C#CC2CCCCCC2)c1C#CC1CCCCCC1. The maximum absolute atomic E-state index is 14.0. The third-order valence-corrected chi connectivity index (χ3v) is 8.52. The van der Waals surface area contributed by atoms with Gasteiger partial charge < -0.3 is 0 Å². The molecular formula is C32H32F6S. The summed E-state index contributed by atoms with van der Waals surface area (Å²) >= 11 is 0.878. The van der Waals surface area contributed by atoms with Crippen LogP contribution in [0.4, 0.5) is 26.3 Å². The van der Waals surface area contributed by atoms with Crippen LogP contribution in [0.3, 0.4) is 0 Å². The molecule has 0 N–H and O–H groups in total. The van der Waals surface area contributed by atoms with Crippen molar-refractivity contribution >= 4 is 11.8 Å². The Morgan fingerprint density at radius 2 is 0.897 bits per heavy atom. The molecule has 0 heterocycles. The summed E-state index contributed by atoms with van der Waals surface area (Å²) in [7, 11) is 0. The minimum Gasteiger partial charge on any atom is -0.166 e. The van der Waals surface area contributed by atoms with Gasteiger partial charge in [-0.1, -0.05) is 98.9 Å². The molecule has 39 heavy (non-hydrogen) atoms. The van der Waals surface area contributed by atoms with E-state index in [2.05, 4.69) is 23.7 Å². The highest BCUT2D eigenvalue weighted by Crippen LogP contribution is 2.42. The van der Waals surface area contributed by atoms with E-state index in [1.807, 2.05) is 0 Å². The molecule has 0 bridgehead atoms. The largest absolute Gasteiger partial charge is 0.417 e. The molecule has 0 unspecified atom stereocenters. The van der Waals surface area contributed by atoms with Crippen LogP contribution in [-0.2, 0) is 12.4 Å². The van der Waals surface area contributed by atoms with E-state index < -0.39 is 23.5 Å². The van der Waals surface area contributed by atoms with Crippen molar-refractivity contribution in [3.8, 4) is 23.7 Å². The van der Waals surface area contributed by atoms with Crippen molar-refractivity contribution in [1.29, 1.82) is 0 Å². The second-order valence-corrected chi connectivity index (χ2v) is 11.5. The summed E-state index contributed by atoms with van der Waals surface area (Å²) in [6.45, 7) is 0. The van der Waals surface area contributed by atoms with Crippen molar-refractivity contribution in [2.45, 2.75) is 99.2 Å². The summed E-state index contributed by atoms with van der Waals surface area (Å²) in [6.07, 6.45) is 2.47. The van der Waals surface area contributed by atoms with Crippen molar-refractivity contribution < 1.29 is 26.3 Å². The van der Waals surface area contributed by atoms with E-state index in [1.54, 1.807) is 0 Å². The van der Waals surface area contributed by atoms with Gasteiger partial charge in [0, 0.05) is 21.6 Å². The van der Waals surface area contributed by atoms with Crippen LogP contribution in [-0.4, -0.2) is 0 Å². The van der Waals surface area contributed by atoms with E-state index in [1.165, 1.54) is 24.3 Å². The molecule has 4 rings (SSSR count). The Labute approximate surface area is 231 Å². The Morgan fingerprint density at radius 1 is 0.538 bits per heavy atom. The van der Waals surface area contributed by atoms with Gasteiger partial charge in [-0.15, -0.1) is 0 Å². The Hall–Kier alpha value is -2.51. The zero-order valence-electron chi connectivity index (χ0n) is 21.8. The van der Waals surface area contributed by atoms with Crippen molar-refractivity contribution in [1.82, 2.24) is 0 Å². The maximum Gasteiger partial charge on any atom is 0.417 e. The monoisotopic (exact) mass is 562 g/mol. The lowest BCUT2D eigenvalue weighted by atomic mass is 9.99. The van der Waals surface area contributed by atoms with Crippen LogP contribution in [0.25, 0.3) is 0 Å². The van der Waals surface area contributed by atoms with Gasteiger partial charge >= 0.3 is 12.4 Å². The van der Waals surface area contributed by atoms with Gasteiger partial charge in [0.05, 0.1) is 22.3 Å². The second-order valence-electron chi connectivity index (χ2n) is 10.4. The fraction of sp³-hybridized carbons (Fsp3) is 0.500. The highest BCUT2D eigenvalue weighted by molar-refractivity contribution is 7.99. The lowest BCUT2D eigenvalue weighted by Crippen LogP contribution is -2.10. The lowest BCUT2D eigenvalue weighted by molar-refractivity contribution is -0.138. The molecule has 2 fully saturated rings. The summed E-state index contributed by atoms with van der Waals surface area (Å²) in [5, 5.41) is 0. The summed E-state index contributed by atoms with van der Waals surface area (Å²) in [6, 6.07) is 7.54. The second kappa shape index (κ2) is 13.2. The van der Waals surface area contributed by atoms with E-state index >= 15 is 0 Å². The molecule has 0 saturated heterocycles. The Morgan fingerprint density at radius 3 is 1.23 bits per heavy atom. The first-order valence-corrected chi connectivity index (χ1v) is 14.6. The van der Waals surface area contributed by atoms with Crippen LogP contribution < -0.4 is 0 Å². The first-order chi connectivity index (χ1) is 18.6. The average molecular weight is 563 g/mol. The van der Waals surface area contributed by atoms with Gasteiger partial charge in [0.2, 0.25) is 0 Å². The normalized spacial score (nSPS) is 17.8.